The van der Waals surface area contributed by atoms with Gasteiger partial charge in [0.25, 0.3) is 11.8 Å². The van der Waals surface area contributed by atoms with Crippen LogP contribution in [0.4, 0.5) is 22.7 Å². The molecule has 1 atom stereocenters. The predicted octanol–water partition coefficient (Wildman–Crippen LogP) is 4.80. The first-order valence-electron chi connectivity index (χ1n) is 9.94. The lowest BCUT2D eigenvalue weighted by molar-refractivity contribution is -0.124. The van der Waals surface area contributed by atoms with Gasteiger partial charge in [-0.2, -0.15) is 0 Å². The van der Waals surface area contributed by atoms with E-state index in [1.54, 1.807) is 24.3 Å². The van der Waals surface area contributed by atoms with Crippen molar-refractivity contribution in [3.63, 3.8) is 0 Å². The van der Waals surface area contributed by atoms with E-state index in [-0.39, 0.29) is 11.8 Å². The highest BCUT2D eigenvalue weighted by Crippen LogP contribution is 2.26. The van der Waals surface area contributed by atoms with Crippen molar-refractivity contribution in [3.05, 3.63) is 84.4 Å². The van der Waals surface area contributed by atoms with Gasteiger partial charge in [0, 0.05) is 23.5 Å². The number of hydrogen-bond acceptors (Lipinski definition) is 4. The second-order valence-electron chi connectivity index (χ2n) is 7.06. The number of nitrogens with one attached hydrogen (secondary N) is 3. The maximum atomic E-state index is 12.8. The molecule has 152 valence electrons. The van der Waals surface area contributed by atoms with E-state index in [1.165, 1.54) is 0 Å². The van der Waals surface area contributed by atoms with E-state index in [0.29, 0.717) is 23.5 Å². The quantitative estimate of drug-likeness (QED) is 0.554. The lowest BCUT2D eigenvalue weighted by Crippen LogP contribution is -2.27. The topological polar surface area (TPSA) is 79.5 Å². The summed E-state index contributed by atoms with van der Waals surface area (Å²) in [5.74, 6) is -0.437. The molecule has 6 heteroatoms. The Bertz CT molecular complexity index is 1030. The second-order valence-corrected chi connectivity index (χ2v) is 7.06. The van der Waals surface area contributed by atoms with Gasteiger partial charge in [-0.15, -0.1) is 0 Å². The Balaban J connectivity index is 1.46. The number of benzene rings is 3. The molecular formula is C24H23N3O3. The molecule has 1 heterocycles. The minimum Gasteiger partial charge on any atom is -0.368 e. The number of carbonyl (C=O) groups excluding carboxylic acids is 2. The Morgan fingerprint density at radius 1 is 0.800 bits per heavy atom. The van der Waals surface area contributed by atoms with E-state index >= 15 is 0 Å². The molecule has 6 nitrogen and oxygen atoms in total. The van der Waals surface area contributed by atoms with Gasteiger partial charge in [0.05, 0.1) is 11.4 Å². The average molecular weight is 401 g/mol. The largest absolute Gasteiger partial charge is 0.368 e. The molecule has 3 N–H and O–H groups in total. The van der Waals surface area contributed by atoms with Gasteiger partial charge in [-0.3, -0.25) is 9.59 Å². The zero-order valence-corrected chi connectivity index (χ0v) is 16.4. The molecule has 0 saturated carbocycles. The third-order valence-corrected chi connectivity index (χ3v) is 4.84. The van der Waals surface area contributed by atoms with Crippen molar-refractivity contribution in [2.75, 3.05) is 22.6 Å². The Hall–Kier alpha value is -3.64. The van der Waals surface area contributed by atoms with E-state index in [1.807, 2.05) is 54.6 Å². The molecular weight excluding hydrogens is 378 g/mol. The van der Waals surface area contributed by atoms with Crippen molar-refractivity contribution >= 4 is 34.6 Å². The number of anilines is 4. The summed E-state index contributed by atoms with van der Waals surface area (Å²) in [4.78, 5) is 25.1. The molecule has 0 bridgehead atoms. The van der Waals surface area contributed by atoms with Crippen molar-refractivity contribution in [1.29, 1.82) is 0 Å². The summed E-state index contributed by atoms with van der Waals surface area (Å²) in [5, 5.41) is 9.09. The van der Waals surface area contributed by atoms with Gasteiger partial charge in [0.1, 0.15) is 6.10 Å². The zero-order chi connectivity index (χ0) is 20.8. The maximum Gasteiger partial charge on any atom is 0.255 e. The van der Waals surface area contributed by atoms with Crippen molar-refractivity contribution in [2.24, 2.45) is 0 Å². The molecule has 1 fully saturated rings. The third-order valence-electron chi connectivity index (χ3n) is 4.84. The smallest absolute Gasteiger partial charge is 0.255 e. The molecule has 0 radical (unpaired) electrons. The molecule has 1 saturated heterocycles. The highest BCUT2D eigenvalue weighted by molar-refractivity contribution is 6.07. The van der Waals surface area contributed by atoms with E-state index < -0.39 is 6.10 Å². The number of amides is 2. The summed E-state index contributed by atoms with van der Waals surface area (Å²) < 4.78 is 5.41. The van der Waals surface area contributed by atoms with Gasteiger partial charge >= 0.3 is 0 Å². The lowest BCUT2D eigenvalue weighted by Gasteiger charge is -2.14. The SMILES string of the molecule is O=C(Nc1ccccc1Nc1ccccc1)c1cccc(NC(=O)C2CCCO2)c1. The minimum atomic E-state index is -0.418. The van der Waals surface area contributed by atoms with Crippen molar-refractivity contribution in [3.8, 4) is 0 Å². The fraction of sp³-hybridized carbons (Fsp3) is 0.167. The maximum absolute atomic E-state index is 12.8. The van der Waals surface area contributed by atoms with E-state index in [0.717, 1.165) is 24.2 Å². The summed E-state index contributed by atoms with van der Waals surface area (Å²) in [7, 11) is 0. The first-order chi connectivity index (χ1) is 14.7. The highest BCUT2D eigenvalue weighted by atomic mass is 16.5. The number of ether oxygens (including phenoxy) is 1. The Morgan fingerprint density at radius 2 is 1.53 bits per heavy atom. The fourth-order valence-corrected chi connectivity index (χ4v) is 3.32. The highest BCUT2D eigenvalue weighted by Gasteiger charge is 2.23. The molecule has 1 aliphatic heterocycles. The van der Waals surface area contributed by atoms with Gasteiger partial charge in [0.2, 0.25) is 0 Å². The van der Waals surface area contributed by atoms with Crippen LogP contribution in [0.25, 0.3) is 0 Å². The first kappa shape index (κ1) is 19.7. The van der Waals surface area contributed by atoms with Gasteiger partial charge in [-0.05, 0) is 55.3 Å². The Morgan fingerprint density at radius 3 is 2.30 bits per heavy atom. The number of para-hydroxylation sites is 3. The summed E-state index contributed by atoms with van der Waals surface area (Å²) >= 11 is 0. The van der Waals surface area contributed by atoms with Crippen LogP contribution in [-0.2, 0) is 9.53 Å². The fourth-order valence-electron chi connectivity index (χ4n) is 3.32. The number of rotatable bonds is 6. The van der Waals surface area contributed by atoms with Crippen LogP contribution >= 0.6 is 0 Å². The van der Waals surface area contributed by atoms with Crippen LogP contribution in [0.2, 0.25) is 0 Å². The van der Waals surface area contributed by atoms with Crippen LogP contribution in [0, 0.1) is 0 Å². The van der Waals surface area contributed by atoms with Crippen LogP contribution < -0.4 is 16.0 Å². The third kappa shape index (κ3) is 4.85. The zero-order valence-electron chi connectivity index (χ0n) is 16.4. The molecule has 0 aromatic heterocycles. The molecule has 2 amide bonds. The van der Waals surface area contributed by atoms with E-state index in [4.69, 9.17) is 4.74 Å². The summed E-state index contributed by atoms with van der Waals surface area (Å²) in [6, 6.07) is 24.1. The van der Waals surface area contributed by atoms with Crippen molar-refractivity contribution in [1.82, 2.24) is 0 Å². The van der Waals surface area contributed by atoms with Crippen LogP contribution in [0.15, 0.2) is 78.9 Å². The molecule has 30 heavy (non-hydrogen) atoms. The standard InChI is InChI=1S/C24H23N3O3/c28-23(17-8-6-11-19(16-17)26-24(29)22-14-7-15-30-22)27-21-13-5-4-12-20(21)25-18-9-2-1-3-10-18/h1-6,8-13,16,22,25H,7,14-15H2,(H,26,29)(H,27,28). The number of hydrogen-bond donors (Lipinski definition) is 3. The van der Waals surface area contributed by atoms with Crippen LogP contribution in [-0.4, -0.2) is 24.5 Å². The number of carbonyl (C=O) groups is 2. The second kappa shape index (κ2) is 9.24. The predicted molar refractivity (Wildman–Crippen MR) is 118 cm³/mol. The van der Waals surface area contributed by atoms with Gasteiger partial charge in [-0.1, -0.05) is 36.4 Å². The molecule has 0 spiro atoms. The summed E-state index contributed by atoms with van der Waals surface area (Å²) in [6.07, 6.45) is 1.19. The average Bonchev–Trinajstić information content (AvgIpc) is 3.31. The molecule has 0 aliphatic carbocycles. The van der Waals surface area contributed by atoms with E-state index in [2.05, 4.69) is 16.0 Å². The van der Waals surface area contributed by atoms with Crippen LogP contribution in [0.5, 0.6) is 0 Å². The minimum absolute atomic E-state index is 0.178. The van der Waals surface area contributed by atoms with Crippen LogP contribution in [0.3, 0.4) is 0 Å². The van der Waals surface area contributed by atoms with Crippen molar-refractivity contribution < 1.29 is 14.3 Å². The Labute approximate surface area is 175 Å². The van der Waals surface area contributed by atoms with Crippen LogP contribution in [0.1, 0.15) is 23.2 Å². The monoisotopic (exact) mass is 401 g/mol. The van der Waals surface area contributed by atoms with Crippen molar-refractivity contribution in [2.45, 2.75) is 18.9 Å². The first-order valence-corrected chi connectivity index (χ1v) is 9.94. The summed E-state index contributed by atoms with van der Waals surface area (Å²) in [5.41, 5.74) is 3.41. The van der Waals surface area contributed by atoms with Gasteiger partial charge < -0.3 is 20.7 Å². The van der Waals surface area contributed by atoms with Gasteiger partial charge in [0.15, 0.2) is 0 Å². The summed E-state index contributed by atoms with van der Waals surface area (Å²) in [6.45, 7) is 0.608. The molecule has 1 unspecified atom stereocenters. The van der Waals surface area contributed by atoms with Gasteiger partial charge in [-0.25, -0.2) is 0 Å². The Kier molecular flexibility index (Phi) is 6.06. The lowest BCUT2D eigenvalue weighted by atomic mass is 10.1. The normalized spacial score (nSPS) is 15.4. The molecule has 4 rings (SSSR count). The molecule has 3 aromatic carbocycles. The van der Waals surface area contributed by atoms with E-state index in [9.17, 15) is 9.59 Å². The molecule has 1 aliphatic rings. The molecule has 3 aromatic rings.